The predicted octanol–water partition coefficient (Wildman–Crippen LogP) is 4.70. The highest BCUT2D eigenvalue weighted by atomic mass is 35.5. The molecule has 1 amide bonds. The Labute approximate surface area is 163 Å². The van der Waals surface area contributed by atoms with Crippen LogP contribution in [0.15, 0.2) is 23.7 Å². The van der Waals surface area contributed by atoms with E-state index in [1.807, 2.05) is 11.4 Å². The SMILES string of the molecule is CCC(CC)C(NC(=O)c1nc(N2CCCC2)ncc1Cl)c1cccs1. The largest absolute Gasteiger partial charge is 0.343 e. The van der Waals surface area contributed by atoms with E-state index in [0.717, 1.165) is 43.6 Å². The van der Waals surface area contributed by atoms with Gasteiger partial charge in [-0.25, -0.2) is 9.97 Å². The van der Waals surface area contributed by atoms with E-state index in [2.05, 4.69) is 40.1 Å². The zero-order chi connectivity index (χ0) is 18.5. The first-order valence-electron chi connectivity index (χ1n) is 9.25. The normalized spacial score (nSPS) is 15.5. The first-order chi connectivity index (χ1) is 12.6. The lowest BCUT2D eigenvalue weighted by molar-refractivity contribution is 0.0915. The first-order valence-corrected chi connectivity index (χ1v) is 10.5. The molecule has 5 nitrogen and oxygen atoms in total. The molecule has 140 valence electrons. The molecular formula is C19H25ClN4OS. The number of carbonyl (C=O) groups excluding carboxylic acids is 1. The zero-order valence-electron chi connectivity index (χ0n) is 15.2. The quantitative estimate of drug-likeness (QED) is 0.741. The average molecular weight is 393 g/mol. The molecule has 2 aromatic rings. The van der Waals surface area contributed by atoms with E-state index in [-0.39, 0.29) is 17.6 Å². The molecule has 0 saturated carbocycles. The molecule has 3 rings (SSSR count). The summed E-state index contributed by atoms with van der Waals surface area (Å²) in [7, 11) is 0. The van der Waals surface area contributed by atoms with Crippen molar-refractivity contribution in [1.82, 2.24) is 15.3 Å². The molecule has 0 bridgehead atoms. The van der Waals surface area contributed by atoms with Crippen LogP contribution < -0.4 is 10.2 Å². The molecule has 1 saturated heterocycles. The molecule has 1 unspecified atom stereocenters. The first kappa shape index (κ1) is 19.1. The van der Waals surface area contributed by atoms with Crippen LogP contribution in [-0.2, 0) is 0 Å². The smallest absolute Gasteiger partial charge is 0.272 e. The van der Waals surface area contributed by atoms with Crippen molar-refractivity contribution < 1.29 is 4.79 Å². The van der Waals surface area contributed by atoms with Crippen molar-refractivity contribution >= 4 is 34.8 Å². The molecule has 0 aliphatic carbocycles. The summed E-state index contributed by atoms with van der Waals surface area (Å²) in [4.78, 5) is 25.0. The van der Waals surface area contributed by atoms with Gasteiger partial charge in [0, 0.05) is 18.0 Å². The van der Waals surface area contributed by atoms with Gasteiger partial charge in [-0.1, -0.05) is 44.4 Å². The van der Waals surface area contributed by atoms with Crippen LogP contribution >= 0.6 is 22.9 Å². The maximum atomic E-state index is 13.0. The highest BCUT2D eigenvalue weighted by Crippen LogP contribution is 2.31. The van der Waals surface area contributed by atoms with Gasteiger partial charge in [-0.15, -0.1) is 11.3 Å². The lowest BCUT2D eigenvalue weighted by atomic mass is 9.93. The minimum Gasteiger partial charge on any atom is -0.343 e. The highest BCUT2D eigenvalue weighted by molar-refractivity contribution is 7.10. The minimum absolute atomic E-state index is 0.0289. The number of rotatable bonds is 7. The van der Waals surface area contributed by atoms with Crippen LogP contribution in [0, 0.1) is 5.92 Å². The van der Waals surface area contributed by atoms with E-state index in [1.54, 1.807) is 11.3 Å². The van der Waals surface area contributed by atoms with E-state index in [4.69, 9.17) is 11.6 Å². The van der Waals surface area contributed by atoms with Gasteiger partial charge in [0.2, 0.25) is 5.95 Å². The standard InChI is InChI=1S/C19H25ClN4OS/c1-3-13(4-2)16(15-8-7-11-26-15)22-18(25)17-14(20)12-21-19(23-17)24-9-5-6-10-24/h7-8,11-13,16H,3-6,9-10H2,1-2H3,(H,22,25). The summed E-state index contributed by atoms with van der Waals surface area (Å²) in [5.74, 6) is 0.728. The summed E-state index contributed by atoms with van der Waals surface area (Å²) in [5.41, 5.74) is 0.260. The van der Waals surface area contributed by atoms with Gasteiger partial charge in [-0.2, -0.15) is 0 Å². The number of hydrogen-bond donors (Lipinski definition) is 1. The second-order valence-corrected chi connectivity index (χ2v) is 7.99. The van der Waals surface area contributed by atoms with Crippen molar-refractivity contribution in [2.45, 2.75) is 45.6 Å². The van der Waals surface area contributed by atoms with Gasteiger partial charge in [0.05, 0.1) is 17.3 Å². The van der Waals surface area contributed by atoms with Crippen LogP contribution in [-0.4, -0.2) is 29.0 Å². The Kier molecular flexibility index (Phi) is 6.48. The van der Waals surface area contributed by atoms with Crippen LogP contribution in [0.1, 0.15) is 60.9 Å². The van der Waals surface area contributed by atoms with Crippen molar-refractivity contribution in [1.29, 1.82) is 0 Å². The second-order valence-electron chi connectivity index (χ2n) is 6.60. The Morgan fingerprint density at radius 3 is 2.69 bits per heavy atom. The second kappa shape index (κ2) is 8.82. The number of aromatic nitrogens is 2. The summed E-state index contributed by atoms with van der Waals surface area (Å²) >= 11 is 7.92. The molecule has 1 aliphatic rings. The number of anilines is 1. The topological polar surface area (TPSA) is 58.1 Å². The van der Waals surface area contributed by atoms with Gasteiger partial charge < -0.3 is 10.2 Å². The molecule has 1 fully saturated rings. The van der Waals surface area contributed by atoms with E-state index >= 15 is 0 Å². The molecule has 0 spiro atoms. The summed E-state index contributed by atoms with van der Waals surface area (Å²) < 4.78 is 0. The maximum Gasteiger partial charge on any atom is 0.272 e. The number of halogens is 1. The van der Waals surface area contributed by atoms with Crippen LogP contribution in [0.5, 0.6) is 0 Å². The molecule has 26 heavy (non-hydrogen) atoms. The average Bonchev–Trinajstić information content (AvgIpc) is 3.36. The minimum atomic E-state index is -0.233. The Hall–Kier alpha value is -1.66. The van der Waals surface area contributed by atoms with Gasteiger partial charge >= 0.3 is 0 Å². The fourth-order valence-corrected chi connectivity index (χ4v) is 4.49. The van der Waals surface area contributed by atoms with E-state index in [1.165, 1.54) is 6.20 Å². The lowest BCUT2D eigenvalue weighted by Gasteiger charge is -2.25. The fraction of sp³-hybridized carbons (Fsp3) is 0.526. The van der Waals surface area contributed by atoms with Crippen molar-refractivity contribution in [2.24, 2.45) is 5.92 Å². The predicted molar refractivity (Wildman–Crippen MR) is 107 cm³/mol. The molecule has 0 radical (unpaired) electrons. The van der Waals surface area contributed by atoms with Crippen molar-refractivity contribution in [2.75, 3.05) is 18.0 Å². The Bertz CT molecular complexity index is 727. The fourth-order valence-electron chi connectivity index (χ4n) is 3.45. The number of nitrogens with one attached hydrogen (secondary N) is 1. The molecule has 3 heterocycles. The lowest BCUT2D eigenvalue weighted by Crippen LogP contribution is -2.34. The van der Waals surface area contributed by atoms with Gasteiger partial charge in [0.1, 0.15) is 0 Å². The Morgan fingerprint density at radius 1 is 1.35 bits per heavy atom. The van der Waals surface area contributed by atoms with Crippen LogP contribution in [0.25, 0.3) is 0 Å². The molecule has 1 aliphatic heterocycles. The number of carbonyl (C=O) groups is 1. The van der Waals surface area contributed by atoms with Crippen molar-refractivity contribution in [3.63, 3.8) is 0 Å². The molecule has 0 aromatic carbocycles. The van der Waals surface area contributed by atoms with Gasteiger partial charge in [0.25, 0.3) is 5.91 Å². The summed E-state index contributed by atoms with van der Waals surface area (Å²) in [6, 6.07) is 4.06. The van der Waals surface area contributed by atoms with Gasteiger partial charge in [-0.3, -0.25) is 4.79 Å². The third kappa shape index (κ3) is 4.18. The Morgan fingerprint density at radius 2 is 2.08 bits per heavy atom. The molecule has 2 aromatic heterocycles. The number of hydrogen-bond acceptors (Lipinski definition) is 5. The number of amides is 1. The highest BCUT2D eigenvalue weighted by Gasteiger charge is 2.26. The number of nitrogens with zero attached hydrogens (tertiary/aromatic N) is 3. The van der Waals surface area contributed by atoms with Crippen LogP contribution in [0.4, 0.5) is 5.95 Å². The third-order valence-electron chi connectivity index (χ3n) is 4.99. The summed E-state index contributed by atoms with van der Waals surface area (Å²) in [6.45, 7) is 6.16. The Balaban J connectivity index is 1.84. The molecule has 1 N–H and O–H groups in total. The number of thiophene rings is 1. The monoisotopic (exact) mass is 392 g/mol. The third-order valence-corrected chi connectivity index (χ3v) is 6.22. The molecule has 7 heteroatoms. The summed E-state index contributed by atoms with van der Waals surface area (Å²) in [5, 5.41) is 5.51. The maximum absolute atomic E-state index is 13.0. The van der Waals surface area contributed by atoms with Crippen molar-refractivity contribution in [3.05, 3.63) is 39.3 Å². The zero-order valence-corrected chi connectivity index (χ0v) is 16.8. The van der Waals surface area contributed by atoms with Crippen LogP contribution in [0.3, 0.4) is 0 Å². The molecule has 1 atom stereocenters. The van der Waals surface area contributed by atoms with E-state index in [9.17, 15) is 4.79 Å². The molecular weight excluding hydrogens is 368 g/mol. The van der Waals surface area contributed by atoms with E-state index < -0.39 is 0 Å². The van der Waals surface area contributed by atoms with Crippen LogP contribution in [0.2, 0.25) is 5.02 Å². The van der Waals surface area contributed by atoms with Gasteiger partial charge in [-0.05, 0) is 30.2 Å². The van der Waals surface area contributed by atoms with Gasteiger partial charge in [0.15, 0.2) is 5.69 Å². The van der Waals surface area contributed by atoms with E-state index in [0.29, 0.717) is 16.9 Å². The summed E-state index contributed by atoms with van der Waals surface area (Å²) in [6.07, 6.45) is 5.78. The van der Waals surface area contributed by atoms with Crippen molar-refractivity contribution in [3.8, 4) is 0 Å².